The van der Waals surface area contributed by atoms with Gasteiger partial charge < -0.3 is 14.7 Å². The molecule has 1 aromatic carbocycles. The van der Waals surface area contributed by atoms with Crippen LogP contribution in [0.1, 0.15) is 19.4 Å². The molecule has 2 rings (SSSR count). The second kappa shape index (κ2) is 7.25. The Kier molecular flexibility index (Phi) is 5.62. The number of likely N-dealkylation sites (N-methyl/N-ethyl adjacent to an activating group) is 1. The molecule has 0 spiro atoms. The first-order valence-electron chi connectivity index (χ1n) is 7.77. The highest BCUT2D eigenvalue weighted by molar-refractivity contribution is 5.47. The summed E-state index contributed by atoms with van der Waals surface area (Å²) in [4.78, 5) is 4.42. The van der Waals surface area contributed by atoms with Crippen molar-refractivity contribution < 1.29 is 9.84 Å². The van der Waals surface area contributed by atoms with Gasteiger partial charge in [0.1, 0.15) is 0 Å². The standard InChI is InChI=1S/C17H28N2O2/c1-13-6-5-7-16(8-13)18(4)11-17(20)12-19-9-14(2)21-15(3)10-19/h5-8,14-15,17,20H,9-12H2,1-4H3. The number of morpholine rings is 1. The van der Waals surface area contributed by atoms with E-state index >= 15 is 0 Å². The van der Waals surface area contributed by atoms with E-state index in [1.54, 1.807) is 0 Å². The molecule has 1 N–H and O–H groups in total. The van der Waals surface area contributed by atoms with Crippen molar-refractivity contribution in [1.82, 2.24) is 4.90 Å². The normalized spacial score (nSPS) is 24.8. The summed E-state index contributed by atoms with van der Waals surface area (Å²) in [5, 5.41) is 10.4. The lowest BCUT2D eigenvalue weighted by molar-refractivity contribution is -0.0758. The molecule has 1 fully saturated rings. The molecule has 0 amide bonds. The van der Waals surface area contributed by atoms with Gasteiger partial charge in [-0.15, -0.1) is 0 Å². The maximum Gasteiger partial charge on any atom is 0.0841 e. The second-order valence-corrected chi connectivity index (χ2v) is 6.35. The van der Waals surface area contributed by atoms with Crippen LogP contribution in [0.3, 0.4) is 0 Å². The van der Waals surface area contributed by atoms with Crippen LogP contribution in [-0.2, 0) is 4.74 Å². The van der Waals surface area contributed by atoms with Crippen LogP contribution in [0, 0.1) is 6.92 Å². The lowest BCUT2D eigenvalue weighted by atomic mass is 10.2. The van der Waals surface area contributed by atoms with Crippen molar-refractivity contribution in [3.63, 3.8) is 0 Å². The Bertz CT molecular complexity index is 442. The maximum atomic E-state index is 10.4. The van der Waals surface area contributed by atoms with Crippen LogP contribution in [0.2, 0.25) is 0 Å². The summed E-state index contributed by atoms with van der Waals surface area (Å²) in [6.07, 6.45) is 0.138. The molecular weight excluding hydrogens is 264 g/mol. The maximum absolute atomic E-state index is 10.4. The number of anilines is 1. The van der Waals surface area contributed by atoms with E-state index in [9.17, 15) is 5.11 Å². The molecule has 4 nitrogen and oxygen atoms in total. The zero-order valence-electron chi connectivity index (χ0n) is 13.6. The molecular formula is C17H28N2O2. The number of hydrogen-bond donors (Lipinski definition) is 1. The van der Waals surface area contributed by atoms with Gasteiger partial charge in [-0.2, -0.15) is 0 Å². The number of rotatable bonds is 5. The third-order valence-corrected chi connectivity index (χ3v) is 3.89. The molecule has 21 heavy (non-hydrogen) atoms. The average molecular weight is 292 g/mol. The Morgan fingerprint density at radius 1 is 1.33 bits per heavy atom. The molecule has 4 heteroatoms. The molecule has 3 unspecified atom stereocenters. The Labute approximate surface area is 128 Å². The Balaban J connectivity index is 1.85. The lowest BCUT2D eigenvalue weighted by Gasteiger charge is -2.36. The first kappa shape index (κ1) is 16.3. The summed E-state index contributed by atoms with van der Waals surface area (Å²) < 4.78 is 5.73. The largest absolute Gasteiger partial charge is 0.390 e. The van der Waals surface area contributed by atoms with Crippen molar-refractivity contribution in [1.29, 1.82) is 0 Å². The quantitative estimate of drug-likeness (QED) is 0.899. The number of hydrogen-bond acceptors (Lipinski definition) is 4. The van der Waals surface area contributed by atoms with E-state index in [1.807, 2.05) is 7.05 Å². The zero-order chi connectivity index (χ0) is 15.4. The van der Waals surface area contributed by atoms with Gasteiger partial charge in [0.15, 0.2) is 0 Å². The first-order chi connectivity index (χ1) is 9.94. The van der Waals surface area contributed by atoms with Crippen molar-refractivity contribution in [2.24, 2.45) is 0 Å². The van der Waals surface area contributed by atoms with Crippen molar-refractivity contribution >= 4 is 5.69 Å². The highest BCUT2D eigenvalue weighted by atomic mass is 16.5. The second-order valence-electron chi connectivity index (χ2n) is 6.35. The molecule has 1 heterocycles. The summed E-state index contributed by atoms with van der Waals surface area (Å²) >= 11 is 0. The highest BCUT2D eigenvalue weighted by Gasteiger charge is 2.24. The molecule has 1 aliphatic rings. The number of ether oxygens (including phenoxy) is 1. The van der Waals surface area contributed by atoms with Gasteiger partial charge in [-0.05, 0) is 38.5 Å². The van der Waals surface area contributed by atoms with Gasteiger partial charge in [-0.3, -0.25) is 4.90 Å². The molecule has 1 saturated heterocycles. The van der Waals surface area contributed by atoms with Gasteiger partial charge in [0.2, 0.25) is 0 Å². The molecule has 0 radical (unpaired) electrons. The van der Waals surface area contributed by atoms with Crippen LogP contribution >= 0.6 is 0 Å². The molecule has 0 aliphatic carbocycles. The number of nitrogens with zero attached hydrogens (tertiary/aromatic N) is 2. The fraction of sp³-hybridized carbons (Fsp3) is 0.647. The minimum atomic E-state index is -0.354. The zero-order valence-corrected chi connectivity index (χ0v) is 13.6. The van der Waals surface area contributed by atoms with Crippen molar-refractivity contribution in [3.8, 4) is 0 Å². The molecule has 1 aromatic rings. The topological polar surface area (TPSA) is 35.9 Å². The minimum absolute atomic E-state index is 0.246. The van der Waals surface area contributed by atoms with Crippen LogP contribution in [0.25, 0.3) is 0 Å². The fourth-order valence-electron chi connectivity index (χ4n) is 3.08. The van der Waals surface area contributed by atoms with Crippen molar-refractivity contribution in [2.75, 3.05) is 38.1 Å². The monoisotopic (exact) mass is 292 g/mol. The first-order valence-corrected chi connectivity index (χ1v) is 7.77. The Morgan fingerprint density at radius 2 is 2.00 bits per heavy atom. The Morgan fingerprint density at radius 3 is 2.62 bits per heavy atom. The number of aliphatic hydroxyl groups is 1. The summed E-state index contributed by atoms with van der Waals surface area (Å²) in [6.45, 7) is 9.41. The smallest absolute Gasteiger partial charge is 0.0841 e. The third kappa shape index (κ3) is 4.99. The van der Waals surface area contributed by atoms with Crippen molar-refractivity contribution in [3.05, 3.63) is 29.8 Å². The van der Waals surface area contributed by atoms with E-state index in [0.29, 0.717) is 13.1 Å². The molecule has 0 saturated carbocycles. The van der Waals surface area contributed by atoms with Crippen LogP contribution in [0.4, 0.5) is 5.69 Å². The molecule has 1 aliphatic heterocycles. The predicted molar refractivity (Wildman–Crippen MR) is 86.9 cm³/mol. The average Bonchev–Trinajstić information content (AvgIpc) is 2.37. The molecule has 0 bridgehead atoms. The van der Waals surface area contributed by atoms with Gasteiger partial charge in [-0.25, -0.2) is 0 Å². The SMILES string of the molecule is Cc1cccc(N(C)CC(O)CN2CC(C)OC(C)C2)c1. The summed E-state index contributed by atoms with van der Waals surface area (Å²) in [5.74, 6) is 0. The van der Waals surface area contributed by atoms with Gasteiger partial charge in [0.25, 0.3) is 0 Å². The van der Waals surface area contributed by atoms with E-state index in [1.165, 1.54) is 5.56 Å². The number of β-amino-alcohol motifs (C(OH)–C–C–N with tert-alkyl or cyclic N) is 1. The van der Waals surface area contributed by atoms with Gasteiger partial charge in [-0.1, -0.05) is 12.1 Å². The van der Waals surface area contributed by atoms with Crippen LogP contribution in [-0.4, -0.2) is 61.5 Å². The minimum Gasteiger partial charge on any atom is -0.390 e. The summed E-state index contributed by atoms with van der Waals surface area (Å²) in [6, 6.07) is 8.37. The van der Waals surface area contributed by atoms with Gasteiger partial charge >= 0.3 is 0 Å². The van der Waals surface area contributed by atoms with Crippen molar-refractivity contribution in [2.45, 2.75) is 39.1 Å². The predicted octanol–water partition coefficient (Wildman–Crippen LogP) is 1.90. The number of aryl methyl sites for hydroxylation is 1. The van der Waals surface area contributed by atoms with E-state index in [-0.39, 0.29) is 18.3 Å². The van der Waals surface area contributed by atoms with E-state index in [0.717, 1.165) is 18.8 Å². The molecule has 0 aromatic heterocycles. The molecule has 118 valence electrons. The number of aliphatic hydroxyl groups excluding tert-OH is 1. The van der Waals surface area contributed by atoms with E-state index < -0.39 is 0 Å². The number of benzene rings is 1. The fourth-order valence-corrected chi connectivity index (χ4v) is 3.08. The van der Waals surface area contributed by atoms with Crippen LogP contribution < -0.4 is 4.90 Å². The van der Waals surface area contributed by atoms with Crippen LogP contribution in [0.15, 0.2) is 24.3 Å². The lowest BCUT2D eigenvalue weighted by Crippen LogP contribution is -2.49. The van der Waals surface area contributed by atoms with E-state index in [2.05, 4.69) is 54.8 Å². The third-order valence-electron chi connectivity index (χ3n) is 3.89. The van der Waals surface area contributed by atoms with Gasteiger partial charge in [0.05, 0.1) is 18.3 Å². The van der Waals surface area contributed by atoms with Gasteiger partial charge in [0, 0.05) is 38.9 Å². The summed E-state index contributed by atoms with van der Waals surface area (Å²) in [7, 11) is 2.03. The molecule has 3 atom stereocenters. The van der Waals surface area contributed by atoms with Crippen LogP contribution in [0.5, 0.6) is 0 Å². The van der Waals surface area contributed by atoms with E-state index in [4.69, 9.17) is 4.74 Å². The highest BCUT2D eigenvalue weighted by Crippen LogP contribution is 2.15. The Hall–Kier alpha value is -1.10. The summed E-state index contributed by atoms with van der Waals surface area (Å²) in [5.41, 5.74) is 2.39.